The summed E-state index contributed by atoms with van der Waals surface area (Å²) in [4.78, 5) is 0. The zero-order chi connectivity index (χ0) is 29.2. The standard InChI is InChI=1S/C41H52/c1-27-13-17-30(18-14-27)41(29-11-9-10-12-29,31-19-15-28(2)16-20-31)38-36-25-32(39(3,4)5)21-23-34(36)35-24-22-33(26-37(35)38)40(6,7)8/h13-26,29,34-38H,9-12H2,1-8H3. The Labute approximate surface area is 250 Å². The van der Waals surface area contributed by atoms with Crippen LogP contribution in [0.2, 0.25) is 0 Å². The van der Waals surface area contributed by atoms with E-state index in [9.17, 15) is 0 Å². The quantitative estimate of drug-likeness (QED) is 0.359. The van der Waals surface area contributed by atoms with Gasteiger partial charge in [-0.3, -0.25) is 0 Å². The molecule has 0 aliphatic heterocycles. The molecule has 0 heteroatoms. The molecule has 4 atom stereocenters. The van der Waals surface area contributed by atoms with Crippen molar-refractivity contribution in [1.82, 2.24) is 0 Å². The molecule has 4 aliphatic rings. The molecule has 4 unspecified atom stereocenters. The summed E-state index contributed by atoms with van der Waals surface area (Å²) in [7, 11) is 0. The molecule has 2 saturated carbocycles. The Morgan fingerprint density at radius 2 is 0.927 bits per heavy atom. The van der Waals surface area contributed by atoms with Crippen molar-refractivity contribution < 1.29 is 0 Å². The maximum Gasteiger partial charge on any atom is 0.0270 e. The number of hydrogen-bond donors (Lipinski definition) is 0. The molecule has 4 aliphatic carbocycles. The maximum absolute atomic E-state index is 2.75. The predicted molar refractivity (Wildman–Crippen MR) is 176 cm³/mol. The minimum atomic E-state index is -0.0322. The van der Waals surface area contributed by atoms with Gasteiger partial charge >= 0.3 is 0 Å². The van der Waals surface area contributed by atoms with Crippen LogP contribution in [0.25, 0.3) is 0 Å². The van der Waals surface area contributed by atoms with E-state index in [-0.39, 0.29) is 16.2 Å². The van der Waals surface area contributed by atoms with Gasteiger partial charge in [-0.1, -0.05) is 150 Å². The van der Waals surface area contributed by atoms with Gasteiger partial charge in [0.15, 0.2) is 0 Å². The number of hydrogen-bond acceptors (Lipinski definition) is 0. The molecule has 41 heavy (non-hydrogen) atoms. The molecule has 0 radical (unpaired) electrons. The second-order valence-electron chi connectivity index (χ2n) is 15.9. The van der Waals surface area contributed by atoms with Crippen LogP contribution in [0.3, 0.4) is 0 Å². The Morgan fingerprint density at radius 3 is 1.29 bits per heavy atom. The average molecular weight is 545 g/mol. The summed E-state index contributed by atoms with van der Waals surface area (Å²) in [6, 6.07) is 19.6. The van der Waals surface area contributed by atoms with Crippen LogP contribution in [0, 0.1) is 60.2 Å². The van der Waals surface area contributed by atoms with Crippen molar-refractivity contribution in [3.8, 4) is 0 Å². The first-order valence-corrected chi connectivity index (χ1v) is 16.4. The van der Waals surface area contributed by atoms with E-state index in [4.69, 9.17) is 0 Å². The van der Waals surface area contributed by atoms with Crippen molar-refractivity contribution in [2.24, 2.45) is 46.3 Å². The molecule has 2 aromatic carbocycles. The molecule has 2 aromatic rings. The summed E-state index contributed by atoms with van der Waals surface area (Å²) in [6.07, 6.45) is 21.0. The molecule has 0 amide bonds. The van der Waals surface area contributed by atoms with Crippen LogP contribution in [0.1, 0.15) is 89.5 Å². The third kappa shape index (κ3) is 4.84. The first-order chi connectivity index (χ1) is 19.4. The molecule has 0 aromatic heterocycles. The molecule has 6 rings (SSSR count). The summed E-state index contributed by atoms with van der Waals surface area (Å²) < 4.78 is 0. The van der Waals surface area contributed by atoms with Crippen LogP contribution in [0.15, 0.2) is 96.1 Å². The van der Waals surface area contributed by atoms with Gasteiger partial charge in [-0.15, -0.1) is 0 Å². The molecule has 0 heterocycles. The molecule has 0 bridgehead atoms. The molecule has 0 nitrogen and oxygen atoms in total. The number of fused-ring (bicyclic) bond motifs is 3. The molecule has 0 N–H and O–H groups in total. The maximum atomic E-state index is 2.75. The predicted octanol–water partition coefficient (Wildman–Crippen LogP) is 11.0. The van der Waals surface area contributed by atoms with Crippen LogP contribution in [0.5, 0.6) is 0 Å². The normalized spacial score (nSPS) is 28.3. The van der Waals surface area contributed by atoms with Gasteiger partial charge in [-0.25, -0.2) is 0 Å². The lowest BCUT2D eigenvalue weighted by Crippen LogP contribution is -2.47. The van der Waals surface area contributed by atoms with Crippen LogP contribution in [-0.4, -0.2) is 0 Å². The Kier molecular flexibility index (Phi) is 7.16. The largest absolute Gasteiger partial charge is 0.0799 e. The van der Waals surface area contributed by atoms with Crippen LogP contribution >= 0.6 is 0 Å². The molecular weight excluding hydrogens is 492 g/mol. The number of benzene rings is 2. The van der Waals surface area contributed by atoms with Gasteiger partial charge in [0.25, 0.3) is 0 Å². The number of aryl methyl sites for hydroxylation is 2. The zero-order valence-electron chi connectivity index (χ0n) is 26.9. The first-order valence-electron chi connectivity index (χ1n) is 16.4. The second kappa shape index (κ2) is 10.3. The first kappa shape index (κ1) is 28.5. The average Bonchev–Trinajstić information content (AvgIpc) is 3.57. The zero-order valence-corrected chi connectivity index (χ0v) is 26.9. The molecular formula is C41H52. The molecule has 0 saturated heterocycles. The van der Waals surface area contributed by atoms with Gasteiger partial charge in [-0.2, -0.15) is 0 Å². The van der Waals surface area contributed by atoms with Crippen molar-refractivity contribution in [2.75, 3.05) is 0 Å². The minimum Gasteiger partial charge on any atom is -0.0799 e. The van der Waals surface area contributed by atoms with Crippen LogP contribution in [0.4, 0.5) is 0 Å². The van der Waals surface area contributed by atoms with Gasteiger partial charge in [0.1, 0.15) is 0 Å². The molecule has 0 spiro atoms. The third-order valence-corrected chi connectivity index (χ3v) is 11.2. The Hall–Kier alpha value is -2.60. The smallest absolute Gasteiger partial charge is 0.0270 e. The number of rotatable bonds is 4. The van der Waals surface area contributed by atoms with E-state index < -0.39 is 0 Å². The lowest BCUT2D eigenvalue weighted by molar-refractivity contribution is 0.157. The number of allylic oxidation sites excluding steroid dienone is 8. The fourth-order valence-electron chi connectivity index (χ4n) is 9.09. The van der Waals surface area contributed by atoms with E-state index in [0.29, 0.717) is 35.5 Å². The van der Waals surface area contributed by atoms with Crippen molar-refractivity contribution in [1.29, 1.82) is 0 Å². The summed E-state index contributed by atoms with van der Waals surface area (Å²) in [6.45, 7) is 18.8. The highest BCUT2D eigenvalue weighted by Gasteiger charge is 2.60. The van der Waals surface area contributed by atoms with Crippen LogP contribution < -0.4 is 0 Å². The lowest BCUT2D eigenvalue weighted by atomic mass is 9.52. The van der Waals surface area contributed by atoms with Gasteiger partial charge in [0.2, 0.25) is 0 Å². The van der Waals surface area contributed by atoms with Crippen molar-refractivity contribution in [3.05, 3.63) is 118 Å². The fourth-order valence-corrected chi connectivity index (χ4v) is 9.09. The van der Waals surface area contributed by atoms with Crippen molar-refractivity contribution >= 4 is 0 Å². The van der Waals surface area contributed by atoms with Gasteiger partial charge < -0.3 is 0 Å². The van der Waals surface area contributed by atoms with Crippen LogP contribution in [-0.2, 0) is 5.41 Å². The van der Waals surface area contributed by atoms with E-state index in [1.165, 1.54) is 48.0 Å². The summed E-state index contributed by atoms with van der Waals surface area (Å²) in [5.41, 5.74) is 9.08. The van der Waals surface area contributed by atoms with Crippen molar-refractivity contribution in [3.63, 3.8) is 0 Å². The van der Waals surface area contributed by atoms with E-state index in [1.807, 2.05) is 0 Å². The van der Waals surface area contributed by atoms with E-state index in [2.05, 4.69) is 140 Å². The molecule has 216 valence electrons. The highest BCUT2D eigenvalue weighted by atomic mass is 14.6. The Balaban J connectivity index is 1.67. The highest BCUT2D eigenvalue weighted by Crippen LogP contribution is 2.65. The highest BCUT2D eigenvalue weighted by molar-refractivity contribution is 5.49. The van der Waals surface area contributed by atoms with E-state index in [0.717, 1.165) is 0 Å². The van der Waals surface area contributed by atoms with Crippen molar-refractivity contribution in [2.45, 2.75) is 86.5 Å². The summed E-state index contributed by atoms with van der Waals surface area (Å²) in [5, 5.41) is 0. The molecule has 2 fully saturated rings. The lowest BCUT2D eigenvalue weighted by Gasteiger charge is -2.50. The monoisotopic (exact) mass is 544 g/mol. The second-order valence-corrected chi connectivity index (χ2v) is 15.9. The minimum absolute atomic E-state index is 0.0322. The summed E-state index contributed by atoms with van der Waals surface area (Å²) >= 11 is 0. The topological polar surface area (TPSA) is 0 Å². The van der Waals surface area contributed by atoms with Gasteiger partial charge in [0, 0.05) is 5.41 Å². The Bertz CT molecular complexity index is 1270. The summed E-state index contributed by atoms with van der Waals surface area (Å²) in [5.74, 6) is 3.24. The van der Waals surface area contributed by atoms with E-state index >= 15 is 0 Å². The third-order valence-electron chi connectivity index (χ3n) is 11.2. The van der Waals surface area contributed by atoms with Gasteiger partial charge in [0.05, 0.1) is 0 Å². The van der Waals surface area contributed by atoms with E-state index in [1.54, 1.807) is 11.1 Å². The Morgan fingerprint density at radius 1 is 0.537 bits per heavy atom. The van der Waals surface area contributed by atoms with Gasteiger partial charge in [-0.05, 0) is 95.3 Å². The fraction of sp³-hybridized carbons (Fsp3) is 0.512. The SMILES string of the molecule is Cc1ccc(C(c2ccc(C)cc2)(C2CCCC2)C2C3C=C(C(C)(C)C)C=CC3C3C=CC(C(C)(C)C)=CC32)cc1.